The summed E-state index contributed by atoms with van der Waals surface area (Å²) in [6, 6.07) is 6.78. The molecule has 0 heterocycles. The Hall–Kier alpha value is -1.77. The lowest BCUT2D eigenvalue weighted by molar-refractivity contribution is -0.126. The largest absolute Gasteiger partial charge is 0.508 e. The third-order valence-corrected chi connectivity index (χ3v) is 2.61. The molecule has 0 aliphatic rings. The molecule has 0 fully saturated rings. The number of carbonyl (C=O) groups excluding carboxylic acids is 1. The maximum Gasteiger partial charge on any atom is 0.246 e. The Kier molecular flexibility index (Phi) is 5.98. The minimum Gasteiger partial charge on any atom is -0.508 e. The first-order valence-electron chi connectivity index (χ1n) is 6.43. The molecule has 1 aromatic rings. The van der Waals surface area contributed by atoms with Gasteiger partial charge in [0.1, 0.15) is 5.75 Å². The van der Waals surface area contributed by atoms with Crippen LogP contribution >= 0.6 is 0 Å². The lowest BCUT2D eigenvalue weighted by Crippen LogP contribution is -2.30. The molecular weight excluding hydrogens is 226 g/mol. The van der Waals surface area contributed by atoms with Crippen molar-refractivity contribution in [2.75, 3.05) is 13.1 Å². The second-order valence-corrected chi connectivity index (χ2v) is 4.25. The van der Waals surface area contributed by atoms with Crippen molar-refractivity contribution in [2.24, 2.45) is 0 Å². The van der Waals surface area contributed by atoms with Gasteiger partial charge < -0.3 is 10.0 Å². The van der Waals surface area contributed by atoms with E-state index in [1.165, 1.54) is 0 Å². The van der Waals surface area contributed by atoms with Gasteiger partial charge in [0.05, 0.1) is 0 Å². The Morgan fingerprint density at radius 1 is 1.17 bits per heavy atom. The molecule has 3 heteroatoms. The molecule has 0 unspecified atom stereocenters. The Bertz CT molecular complexity index is 389. The van der Waals surface area contributed by atoms with E-state index in [1.807, 2.05) is 4.90 Å². The Labute approximate surface area is 109 Å². The predicted octanol–water partition coefficient (Wildman–Crippen LogP) is 3.05. The predicted molar refractivity (Wildman–Crippen MR) is 74.3 cm³/mol. The second kappa shape index (κ2) is 7.54. The first-order valence-corrected chi connectivity index (χ1v) is 6.43. The molecular formula is C15H21NO2. The third kappa shape index (κ3) is 4.62. The van der Waals surface area contributed by atoms with Crippen LogP contribution in [0, 0.1) is 0 Å². The number of amides is 1. The molecule has 1 amide bonds. The normalized spacial score (nSPS) is 10.8. The molecule has 98 valence electrons. The SMILES string of the molecule is CCCN(CCC)C(=O)C=Cc1ccc(O)cc1. The van der Waals surface area contributed by atoms with E-state index < -0.39 is 0 Å². The van der Waals surface area contributed by atoms with Crippen molar-refractivity contribution < 1.29 is 9.90 Å². The van der Waals surface area contributed by atoms with Crippen molar-refractivity contribution in [3.8, 4) is 5.75 Å². The lowest BCUT2D eigenvalue weighted by Gasteiger charge is -2.19. The fourth-order valence-corrected chi connectivity index (χ4v) is 1.73. The van der Waals surface area contributed by atoms with Crippen molar-refractivity contribution in [1.82, 2.24) is 4.90 Å². The minimum atomic E-state index is 0.0479. The van der Waals surface area contributed by atoms with E-state index in [2.05, 4.69) is 13.8 Å². The zero-order chi connectivity index (χ0) is 13.4. The summed E-state index contributed by atoms with van der Waals surface area (Å²) in [4.78, 5) is 13.8. The van der Waals surface area contributed by atoms with E-state index in [0.29, 0.717) is 0 Å². The molecule has 1 rings (SSSR count). The molecule has 0 spiro atoms. The van der Waals surface area contributed by atoms with Crippen LogP contribution in [0.1, 0.15) is 32.3 Å². The van der Waals surface area contributed by atoms with Crippen molar-refractivity contribution >= 4 is 12.0 Å². The molecule has 18 heavy (non-hydrogen) atoms. The highest BCUT2D eigenvalue weighted by molar-refractivity contribution is 5.91. The van der Waals surface area contributed by atoms with Gasteiger partial charge in [0.2, 0.25) is 5.91 Å². The molecule has 1 aromatic carbocycles. The molecule has 1 N–H and O–H groups in total. The number of benzene rings is 1. The Morgan fingerprint density at radius 2 is 1.72 bits per heavy atom. The van der Waals surface area contributed by atoms with Crippen LogP contribution in [-0.4, -0.2) is 29.0 Å². The maximum absolute atomic E-state index is 12.0. The number of aromatic hydroxyl groups is 1. The first kappa shape index (κ1) is 14.3. The minimum absolute atomic E-state index is 0.0479. The number of nitrogens with zero attached hydrogens (tertiary/aromatic N) is 1. The summed E-state index contributed by atoms with van der Waals surface area (Å²) in [6.45, 7) is 5.73. The highest BCUT2D eigenvalue weighted by Gasteiger charge is 2.07. The third-order valence-electron chi connectivity index (χ3n) is 2.61. The van der Waals surface area contributed by atoms with Crippen LogP contribution in [0.3, 0.4) is 0 Å². The molecule has 0 aliphatic heterocycles. The summed E-state index contributed by atoms with van der Waals surface area (Å²) in [5.74, 6) is 0.281. The zero-order valence-corrected chi connectivity index (χ0v) is 11.1. The van der Waals surface area contributed by atoms with Crippen LogP contribution in [0.15, 0.2) is 30.3 Å². The van der Waals surface area contributed by atoms with Gasteiger partial charge in [-0.15, -0.1) is 0 Å². The van der Waals surface area contributed by atoms with Crippen LogP contribution in [0.25, 0.3) is 6.08 Å². The highest BCUT2D eigenvalue weighted by Crippen LogP contribution is 2.11. The van der Waals surface area contributed by atoms with Crippen molar-refractivity contribution in [1.29, 1.82) is 0 Å². The van der Waals surface area contributed by atoms with Crippen molar-refractivity contribution in [2.45, 2.75) is 26.7 Å². The van der Waals surface area contributed by atoms with E-state index >= 15 is 0 Å². The van der Waals surface area contributed by atoms with Crippen LogP contribution < -0.4 is 0 Å². The molecule has 3 nitrogen and oxygen atoms in total. The smallest absolute Gasteiger partial charge is 0.246 e. The van der Waals surface area contributed by atoms with Gasteiger partial charge in [0.25, 0.3) is 0 Å². The zero-order valence-electron chi connectivity index (χ0n) is 11.1. The van der Waals surface area contributed by atoms with Crippen LogP contribution in [0.2, 0.25) is 0 Å². The van der Waals surface area contributed by atoms with Gasteiger partial charge >= 0.3 is 0 Å². The standard InChI is InChI=1S/C15H21NO2/c1-3-11-16(12-4-2)15(18)10-7-13-5-8-14(17)9-6-13/h5-10,17H,3-4,11-12H2,1-2H3. The maximum atomic E-state index is 12.0. The number of rotatable bonds is 6. The van der Waals surface area contributed by atoms with Crippen molar-refractivity contribution in [3.05, 3.63) is 35.9 Å². The molecule has 0 bridgehead atoms. The van der Waals surface area contributed by atoms with E-state index in [-0.39, 0.29) is 11.7 Å². The summed E-state index contributed by atoms with van der Waals surface area (Å²) in [7, 11) is 0. The molecule has 0 aromatic heterocycles. The first-order chi connectivity index (χ1) is 8.67. The van der Waals surface area contributed by atoms with Gasteiger partial charge in [-0.1, -0.05) is 26.0 Å². The quantitative estimate of drug-likeness (QED) is 0.785. The van der Waals surface area contributed by atoms with E-state index in [4.69, 9.17) is 5.11 Å². The molecule has 0 aliphatic carbocycles. The summed E-state index contributed by atoms with van der Waals surface area (Å²) in [5, 5.41) is 9.16. The topological polar surface area (TPSA) is 40.5 Å². The highest BCUT2D eigenvalue weighted by atomic mass is 16.3. The van der Waals surface area contributed by atoms with Crippen molar-refractivity contribution in [3.63, 3.8) is 0 Å². The molecule has 0 atom stereocenters. The van der Waals surface area contributed by atoms with E-state index in [0.717, 1.165) is 31.5 Å². The summed E-state index contributed by atoms with van der Waals surface area (Å²) in [6.07, 6.45) is 5.31. The van der Waals surface area contributed by atoms with Gasteiger partial charge in [-0.05, 0) is 36.6 Å². The monoisotopic (exact) mass is 247 g/mol. The average molecular weight is 247 g/mol. The lowest BCUT2D eigenvalue weighted by atomic mass is 10.2. The summed E-state index contributed by atoms with van der Waals surface area (Å²) in [5.41, 5.74) is 0.911. The summed E-state index contributed by atoms with van der Waals surface area (Å²) < 4.78 is 0. The molecule has 0 saturated heterocycles. The van der Waals surface area contributed by atoms with Crippen LogP contribution in [0.4, 0.5) is 0 Å². The molecule has 0 saturated carbocycles. The number of hydrogen-bond acceptors (Lipinski definition) is 2. The van der Waals surface area contributed by atoms with Gasteiger partial charge in [0.15, 0.2) is 0 Å². The molecule has 0 radical (unpaired) electrons. The average Bonchev–Trinajstić information content (AvgIpc) is 2.37. The fourth-order valence-electron chi connectivity index (χ4n) is 1.73. The second-order valence-electron chi connectivity index (χ2n) is 4.25. The Balaban J connectivity index is 2.63. The van der Waals surface area contributed by atoms with Gasteiger partial charge in [-0.2, -0.15) is 0 Å². The van der Waals surface area contributed by atoms with E-state index in [1.54, 1.807) is 36.4 Å². The van der Waals surface area contributed by atoms with Crippen LogP contribution in [-0.2, 0) is 4.79 Å². The number of hydrogen-bond donors (Lipinski definition) is 1. The van der Waals surface area contributed by atoms with Gasteiger partial charge in [-0.3, -0.25) is 4.79 Å². The number of phenols is 1. The Morgan fingerprint density at radius 3 is 2.22 bits per heavy atom. The van der Waals surface area contributed by atoms with Gasteiger partial charge in [0, 0.05) is 19.2 Å². The fraction of sp³-hybridized carbons (Fsp3) is 0.400. The van der Waals surface area contributed by atoms with Gasteiger partial charge in [-0.25, -0.2) is 0 Å². The van der Waals surface area contributed by atoms with E-state index in [9.17, 15) is 4.79 Å². The summed E-state index contributed by atoms with van der Waals surface area (Å²) >= 11 is 0. The number of phenolic OH excluding ortho intramolecular Hbond substituents is 1. The van der Waals surface area contributed by atoms with Crippen LogP contribution in [0.5, 0.6) is 5.75 Å². The number of carbonyl (C=O) groups is 1.